The van der Waals surface area contributed by atoms with E-state index in [4.69, 9.17) is 0 Å². The molecule has 0 radical (unpaired) electrons. The number of hydrogen-bond acceptors (Lipinski definition) is 3. The molecule has 0 aromatic carbocycles. The van der Waals surface area contributed by atoms with Crippen molar-refractivity contribution in [2.45, 2.75) is 103 Å². The Morgan fingerprint density at radius 1 is 1.19 bits per heavy atom. The van der Waals surface area contributed by atoms with Gasteiger partial charge in [-0.2, -0.15) is 0 Å². The van der Waals surface area contributed by atoms with Crippen molar-refractivity contribution < 1.29 is 15.3 Å². The molecule has 3 N–H and O–H groups in total. The smallest absolute Gasteiger partial charge is 0.102 e. The summed E-state index contributed by atoms with van der Waals surface area (Å²) in [6, 6.07) is 0. The van der Waals surface area contributed by atoms with Gasteiger partial charge in [0.25, 0.3) is 0 Å². The predicted molar refractivity (Wildman–Crippen MR) is 129 cm³/mol. The number of hydrogen-bond donors (Lipinski definition) is 3. The van der Waals surface area contributed by atoms with E-state index in [0.717, 1.165) is 30.8 Å². The Labute approximate surface area is 189 Å². The second-order valence-electron chi connectivity index (χ2n) is 11.4. The Morgan fingerprint density at radius 3 is 2.58 bits per heavy atom. The van der Waals surface area contributed by atoms with Crippen LogP contribution in [0.1, 0.15) is 85.5 Å². The van der Waals surface area contributed by atoms with Gasteiger partial charge in [0.1, 0.15) is 6.10 Å². The van der Waals surface area contributed by atoms with Gasteiger partial charge in [0.2, 0.25) is 0 Å². The van der Waals surface area contributed by atoms with E-state index in [1.807, 2.05) is 13.8 Å². The molecule has 0 aliphatic heterocycles. The molecule has 0 amide bonds. The number of rotatable bonds is 6. The van der Waals surface area contributed by atoms with Crippen molar-refractivity contribution in [2.24, 2.45) is 23.2 Å². The minimum absolute atomic E-state index is 0.355. The predicted octanol–water partition coefficient (Wildman–Crippen LogP) is 5.87. The number of aliphatic hydroxyl groups excluding tert-OH is 2. The molecule has 3 fully saturated rings. The highest BCUT2D eigenvalue weighted by Crippen LogP contribution is 2.60. The highest BCUT2D eigenvalue weighted by atomic mass is 16.3. The zero-order valence-electron chi connectivity index (χ0n) is 20.2. The van der Waals surface area contributed by atoms with Crippen LogP contribution in [0.5, 0.6) is 0 Å². The van der Waals surface area contributed by atoms with Gasteiger partial charge < -0.3 is 15.3 Å². The van der Waals surface area contributed by atoms with Gasteiger partial charge in [0.15, 0.2) is 0 Å². The summed E-state index contributed by atoms with van der Waals surface area (Å²) in [6.07, 6.45) is 12.7. The summed E-state index contributed by atoms with van der Waals surface area (Å²) in [4.78, 5) is 0. The third-order valence-corrected chi connectivity index (χ3v) is 8.61. The standard InChI is InChI=1S/C28H44O3/c1-18(9-7-15-27(4,5)31)23-13-14-24-21(10-8-16-28(23,24)6)11-12-22-17-25(29)20(3)26(30)19(22)2/h11-12,18,23-26,29-31H,2-3,7-10,13-17H2,1,4-6H3/b21-11+,22-12-/t18?,23-,24+,25-,26-,28?/m1/s1. The second-order valence-corrected chi connectivity index (χ2v) is 11.4. The summed E-state index contributed by atoms with van der Waals surface area (Å²) in [5, 5.41) is 30.5. The van der Waals surface area contributed by atoms with Crippen LogP contribution in [0.3, 0.4) is 0 Å². The molecule has 0 saturated heterocycles. The van der Waals surface area contributed by atoms with Crippen molar-refractivity contribution in [1.82, 2.24) is 0 Å². The topological polar surface area (TPSA) is 60.7 Å². The van der Waals surface area contributed by atoms with Crippen LogP contribution in [0, 0.1) is 23.2 Å². The molecule has 0 spiro atoms. The minimum Gasteiger partial charge on any atom is -0.390 e. The zero-order chi connectivity index (χ0) is 23.0. The Hall–Kier alpha value is -1.16. The van der Waals surface area contributed by atoms with Gasteiger partial charge in [-0.1, -0.05) is 57.6 Å². The van der Waals surface area contributed by atoms with Crippen LogP contribution in [0.4, 0.5) is 0 Å². The Kier molecular flexibility index (Phi) is 7.40. The molecule has 0 bridgehead atoms. The van der Waals surface area contributed by atoms with Crippen LogP contribution in [-0.2, 0) is 0 Å². The fourth-order valence-electron chi connectivity index (χ4n) is 6.71. The molecule has 3 aliphatic carbocycles. The maximum atomic E-state index is 10.3. The lowest BCUT2D eigenvalue weighted by atomic mass is 9.60. The van der Waals surface area contributed by atoms with Gasteiger partial charge in [-0.3, -0.25) is 0 Å². The van der Waals surface area contributed by atoms with E-state index in [0.29, 0.717) is 34.8 Å². The lowest BCUT2D eigenvalue weighted by Gasteiger charge is -2.44. The van der Waals surface area contributed by atoms with Crippen molar-refractivity contribution in [2.75, 3.05) is 0 Å². The van der Waals surface area contributed by atoms with Gasteiger partial charge in [0.05, 0.1) is 11.7 Å². The van der Waals surface area contributed by atoms with Crippen molar-refractivity contribution in [3.8, 4) is 0 Å². The average Bonchev–Trinajstić information content (AvgIpc) is 3.04. The van der Waals surface area contributed by atoms with E-state index in [1.165, 1.54) is 37.7 Å². The van der Waals surface area contributed by atoms with Crippen molar-refractivity contribution in [3.05, 3.63) is 47.6 Å². The maximum Gasteiger partial charge on any atom is 0.102 e. The highest BCUT2D eigenvalue weighted by molar-refractivity contribution is 5.45. The first-order chi connectivity index (χ1) is 14.4. The molecule has 3 aliphatic rings. The summed E-state index contributed by atoms with van der Waals surface area (Å²) in [5.74, 6) is 2.05. The van der Waals surface area contributed by atoms with E-state index in [-0.39, 0.29) is 0 Å². The fourth-order valence-corrected chi connectivity index (χ4v) is 6.71. The molecule has 174 valence electrons. The van der Waals surface area contributed by atoms with Crippen molar-refractivity contribution in [1.29, 1.82) is 0 Å². The molecule has 0 aromatic heterocycles. The summed E-state index contributed by atoms with van der Waals surface area (Å²) >= 11 is 0. The first-order valence-electron chi connectivity index (χ1n) is 12.3. The Balaban J connectivity index is 1.72. The zero-order valence-corrected chi connectivity index (χ0v) is 20.2. The largest absolute Gasteiger partial charge is 0.390 e. The fraction of sp³-hybridized carbons (Fsp3) is 0.714. The lowest BCUT2D eigenvalue weighted by molar-refractivity contribution is 0.0596. The second kappa shape index (κ2) is 9.37. The molecule has 6 atom stereocenters. The quantitative estimate of drug-likeness (QED) is 0.464. The van der Waals surface area contributed by atoms with Gasteiger partial charge >= 0.3 is 0 Å². The molecule has 31 heavy (non-hydrogen) atoms. The monoisotopic (exact) mass is 428 g/mol. The number of aliphatic hydroxyl groups is 3. The summed E-state index contributed by atoms with van der Waals surface area (Å²) < 4.78 is 0. The van der Waals surface area contributed by atoms with Crippen LogP contribution in [-0.4, -0.2) is 33.1 Å². The third kappa shape index (κ3) is 5.26. The van der Waals surface area contributed by atoms with E-state index in [9.17, 15) is 15.3 Å². The van der Waals surface area contributed by atoms with E-state index < -0.39 is 17.8 Å². The van der Waals surface area contributed by atoms with E-state index >= 15 is 0 Å². The molecule has 0 aromatic rings. The summed E-state index contributed by atoms with van der Waals surface area (Å²) in [5.41, 5.74) is 3.41. The molecular formula is C28H44O3. The van der Waals surface area contributed by atoms with E-state index in [2.05, 4.69) is 39.2 Å². The summed E-state index contributed by atoms with van der Waals surface area (Å²) in [6.45, 7) is 16.6. The molecular weight excluding hydrogens is 384 g/mol. The number of fused-ring (bicyclic) bond motifs is 1. The molecule has 3 heteroatoms. The molecule has 3 rings (SSSR count). The molecule has 0 heterocycles. The summed E-state index contributed by atoms with van der Waals surface area (Å²) in [7, 11) is 0. The average molecular weight is 429 g/mol. The van der Waals surface area contributed by atoms with E-state index in [1.54, 1.807) is 0 Å². The van der Waals surface area contributed by atoms with Crippen LogP contribution >= 0.6 is 0 Å². The third-order valence-electron chi connectivity index (χ3n) is 8.61. The highest BCUT2D eigenvalue weighted by Gasteiger charge is 2.50. The van der Waals surface area contributed by atoms with Crippen molar-refractivity contribution >= 4 is 0 Å². The molecule has 3 nitrogen and oxygen atoms in total. The number of allylic oxidation sites excluding steroid dienone is 3. The maximum absolute atomic E-state index is 10.3. The molecule has 3 saturated carbocycles. The van der Waals surface area contributed by atoms with Gasteiger partial charge in [-0.15, -0.1) is 0 Å². The van der Waals surface area contributed by atoms with Crippen molar-refractivity contribution in [3.63, 3.8) is 0 Å². The van der Waals surface area contributed by atoms with Crippen LogP contribution in [0.2, 0.25) is 0 Å². The van der Waals surface area contributed by atoms with Crippen LogP contribution < -0.4 is 0 Å². The molecule has 2 unspecified atom stereocenters. The first kappa shape index (κ1) is 24.5. The van der Waals surface area contributed by atoms with Gasteiger partial charge in [-0.05, 0) is 92.3 Å². The lowest BCUT2D eigenvalue weighted by Crippen LogP contribution is -2.36. The Bertz CT molecular complexity index is 753. The van der Waals surface area contributed by atoms with Crippen LogP contribution in [0.15, 0.2) is 47.6 Å². The Morgan fingerprint density at radius 2 is 1.90 bits per heavy atom. The van der Waals surface area contributed by atoms with Gasteiger partial charge in [-0.25, -0.2) is 0 Å². The first-order valence-corrected chi connectivity index (χ1v) is 12.3. The minimum atomic E-state index is -0.842. The van der Waals surface area contributed by atoms with Gasteiger partial charge in [0, 0.05) is 6.42 Å². The SMILES string of the molecule is C=C1/C(=C\C=C2/CCCC3(C)[C@@H](C(C)CCCC(C)(C)O)CC[C@@H]23)C[C@@H](O)C(=C)[C@@H]1O. The normalized spacial score (nSPS) is 38.0. The van der Waals surface area contributed by atoms with Crippen LogP contribution in [0.25, 0.3) is 0 Å².